The lowest BCUT2D eigenvalue weighted by Crippen LogP contribution is -3.15. The van der Waals surface area contributed by atoms with Crippen LogP contribution in [-0.4, -0.2) is 38.8 Å². The van der Waals surface area contributed by atoms with Crippen LogP contribution in [0.15, 0.2) is 34.8 Å². The van der Waals surface area contributed by atoms with E-state index < -0.39 is 0 Å². The van der Waals surface area contributed by atoms with Crippen LogP contribution in [0.5, 0.6) is 0 Å². The molecule has 0 saturated carbocycles. The number of benzene rings is 1. The summed E-state index contributed by atoms with van der Waals surface area (Å²) in [6.45, 7) is 5.78. The first kappa shape index (κ1) is 17.0. The van der Waals surface area contributed by atoms with Gasteiger partial charge in [-0.05, 0) is 24.1 Å². The van der Waals surface area contributed by atoms with Crippen LogP contribution in [0.4, 0.5) is 0 Å². The highest BCUT2D eigenvalue weighted by Gasteiger charge is 2.17. The number of hydrogen-bond donors (Lipinski definition) is 3. The normalized spacial score (nSPS) is 16.4. The molecule has 1 amide bonds. The Labute approximate surface area is 139 Å². The summed E-state index contributed by atoms with van der Waals surface area (Å²) in [5, 5.41) is 0. The second-order valence-corrected chi connectivity index (χ2v) is 6.16. The van der Waals surface area contributed by atoms with Crippen molar-refractivity contribution in [3.63, 3.8) is 0 Å². The van der Waals surface area contributed by atoms with E-state index in [0.29, 0.717) is 6.54 Å². The molecule has 0 aliphatic carbocycles. The zero-order valence-corrected chi connectivity index (χ0v) is 14.4. The zero-order chi connectivity index (χ0) is 15.8. The maximum absolute atomic E-state index is 12.0. The number of nitrogens with one attached hydrogen (secondary N) is 3. The van der Waals surface area contributed by atoms with Crippen molar-refractivity contribution < 1.29 is 14.4 Å². The fourth-order valence-electron chi connectivity index (χ4n) is 2.32. The second kappa shape index (κ2) is 8.92. The number of quaternary nitrogens is 1. The number of allylic oxidation sites excluding steroid dienone is 1. The lowest BCUT2D eigenvalue weighted by atomic mass is 10.1. The van der Waals surface area contributed by atoms with Crippen molar-refractivity contribution in [3.05, 3.63) is 40.4 Å². The maximum atomic E-state index is 12.0. The Morgan fingerprint density at radius 2 is 1.95 bits per heavy atom. The summed E-state index contributed by atoms with van der Waals surface area (Å²) in [6.07, 6.45) is 2.95. The largest absolute Gasteiger partial charge is 0.370 e. The Kier molecular flexibility index (Phi) is 6.89. The van der Waals surface area contributed by atoms with E-state index >= 15 is 0 Å². The van der Waals surface area contributed by atoms with E-state index in [-0.39, 0.29) is 5.91 Å². The summed E-state index contributed by atoms with van der Waals surface area (Å²) in [5.41, 5.74) is 7.81. The van der Waals surface area contributed by atoms with Crippen molar-refractivity contribution in [1.82, 2.24) is 10.9 Å². The van der Waals surface area contributed by atoms with Gasteiger partial charge in [-0.25, -0.2) is 0 Å². The predicted octanol–water partition coefficient (Wildman–Crippen LogP) is 0.736. The number of morpholine rings is 1. The van der Waals surface area contributed by atoms with Crippen LogP contribution < -0.4 is 15.8 Å². The molecule has 1 heterocycles. The van der Waals surface area contributed by atoms with E-state index in [1.54, 1.807) is 0 Å². The van der Waals surface area contributed by atoms with Crippen molar-refractivity contribution in [2.24, 2.45) is 0 Å². The number of ether oxygens (including phenoxy) is 1. The van der Waals surface area contributed by atoms with Gasteiger partial charge in [0.15, 0.2) is 6.54 Å². The SMILES string of the molecule is CC/C=C(/NNC(=O)C[NH+]1CCOCC1)c1ccc(Br)cc1. The van der Waals surface area contributed by atoms with Crippen molar-refractivity contribution >= 4 is 27.5 Å². The summed E-state index contributed by atoms with van der Waals surface area (Å²) in [6, 6.07) is 8.00. The highest BCUT2D eigenvalue weighted by molar-refractivity contribution is 9.10. The van der Waals surface area contributed by atoms with E-state index in [1.165, 1.54) is 4.90 Å². The Morgan fingerprint density at radius 3 is 2.59 bits per heavy atom. The Bertz CT molecular complexity index is 511. The third-order valence-corrected chi connectivity index (χ3v) is 4.04. The monoisotopic (exact) mass is 368 g/mol. The molecule has 0 unspecified atom stereocenters. The molecule has 2 rings (SSSR count). The first-order chi connectivity index (χ1) is 10.7. The van der Waals surface area contributed by atoms with Gasteiger partial charge in [0.05, 0.1) is 18.9 Å². The van der Waals surface area contributed by atoms with Gasteiger partial charge in [-0.3, -0.25) is 15.6 Å². The van der Waals surface area contributed by atoms with E-state index in [1.807, 2.05) is 24.3 Å². The van der Waals surface area contributed by atoms with Crippen LogP contribution in [-0.2, 0) is 9.53 Å². The van der Waals surface area contributed by atoms with Crippen LogP contribution in [0.2, 0.25) is 0 Å². The molecular weight excluding hydrogens is 346 g/mol. The molecule has 22 heavy (non-hydrogen) atoms. The molecule has 1 fully saturated rings. The smallest absolute Gasteiger partial charge is 0.293 e. The van der Waals surface area contributed by atoms with Crippen molar-refractivity contribution in [2.45, 2.75) is 13.3 Å². The maximum Gasteiger partial charge on any atom is 0.293 e. The Balaban J connectivity index is 1.87. The summed E-state index contributed by atoms with van der Waals surface area (Å²) in [5.74, 6) is -0.00369. The number of halogens is 1. The van der Waals surface area contributed by atoms with Gasteiger partial charge in [0.25, 0.3) is 5.91 Å². The minimum Gasteiger partial charge on any atom is -0.370 e. The molecule has 1 saturated heterocycles. The highest BCUT2D eigenvalue weighted by atomic mass is 79.9. The number of amides is 1. The number of carbonyl (C=O) groups is 1. The highest BCUT2D eigenvalue weighted by Crippen LogP contribution is 2.16. The number of hydrogen-bond acceptors (Lipinski definition) is 3. The number of hydrazine groups is 1. The number of carbonyl (C=O) groups excluding carboxylic acids is 1. The first-order valence-corrected chi connectivity index (χ1v) is 8.40. The van der Waals surface area contributed by atoms with Crippen molar-refractivity contribution in [2.75, 3.05) is 32.8 Å². The average Bonchev–Trinajstić information content (AvgIpc) is 2.53. The predicted molar refractivity (Wildman–Crippen MR) is 90.1 cm³/mol. The van der Waals surface area contributed by atoms with E-state index in [9.17, 15) is 4.79 Å². The van der Waals surface area contributed by atoms with Gasteiger partial charge in [0.2, 0.25) is 0 Å². The standard InChI is InChI=1S/C16H22BrN3O2/c1-2-3-15(13-4-6-14(17)7-5-13)18-19-16(21)12-20-8-10-22-11-9-20/h3-7,18H,2,8-12H2,1H3,(H,19,21)/p+1/b15-3+. The quantitative estimate of drug-likeness (QED) is 0.649. The van der Waals surface area contributed by atoms with Gasteiger partial charge in [0.1, 0.15) is 13.1 Å². The Hall–Kier alpha value is -1.37. The lowest BCUT2D eigenvalue weighted by molar-refractivity contribution is -0.900. The molecule has 120 valence electrons. The zero-order valence-electron chi connectivity index (χ0n) is 12.8. The number of rotatable bonds is 6. The molecule has 6 heteroatoms. The van der Waals surface area contributed by atoms with E-state index in [0.717, 1.165) is 48.5 Å². The molecule has 3 N–H and O–H groups in total. The molecule has 1 aromatic carbocycles. The van der Waals surface area contributed by atoms with Gasteiger partial charge in [-0.15, -0.1) is 0 Å². The molecule has 0 bridgehead atoms. The summed E-state index contributed by atoms with van der Waals surface area (Å²) in [7, 11) is 0. The topological polar surface area (TPSA) is 54.8 Å². The molecule has 0 atom stereocenters. The van der Waals surface area contributed by atoms with Crippen molar-refractivity contribution in [1.29, 1.82) is 0 Å². The van der Waals surface area contributed by atoms with Gasteiger partial charge in [0, 0.05) is 4.47 Å². The summed E-state index contributed by atoms with van der Waals surface area (Å²) >= 11 is 3.43. The van der Waals surface area contributed by atoms with E-state index in [4.69, 9.17) is 4.74 Å². The van der Waals surface area contributed by atoms with Gasteiger partial charge >= 0.3 is 0 Å². The van der Waals surface area contributed by atoms with Crippen LogP contribution in [0.1, 0.15) is 18.9 Å². The molecule has 0 radical (unpaired) electrons. The first-order valence-electron chi connectivity index (χ1n) is 7.61. The van der Waals surface area contributed by atoms with Crippen molar-refractivity contribution in [3.8, 4) is 0 Å². The van der Waals surface area contributed by atoms with Crippen LogP contribution in [0.25, 0.3) is 5.70 Å². The summed E-state index contributed by atoms with van der Waals surface area (Å²) < 4.78 is 6.33. The molecule has 1 aliphatic heterocycles. The second-order valence-electron chi connectivity index (χ2n) is 5.25. The van der Waals surface area contributed by atoms with Crippen LogP contribution in [0.3, 0.4) is 0 Å². The van der Waals surface area contributed by atoms with Crippen LogP contribution >= 0.6 is 15.9 Å². The molecule has 5 nitrogen and oxygen atoms in total. The molecule has 0 spiro atoms. The van der Waals surface area contributed by atoms with E-state index in [2.05, 4.69) is 39.8 Å². The summed E-state index contributed by atoms with van der Waals surface area (Å²) in [4.78, 5) is 13.3. The van der Waals surface area contributed by atoms with Gasteiger partial charge in [-0.2, -0.15) is 0 Å². The fourth-order valence-corrected chi connectivity index (χ4v) is 2.58. The third-order valence-electron chi connectivity index (χ3n) is 3.51. The fraction of sp³-hybridized carbons (Fsp3) is 0.438. The molecule has 1 aromatic rings. The molecule has 1 aliphatic rings. The van der Waals surface area contributed by atoms with Gasteiger partial charge < -0.3 is 9.64 Å². The molecular formula is C16H23BrN3O2+. The van der Waals surface area contributed by atoms with Gasteiger partial charge in [-0.1, -0.05) is 41.1 Å². The Morgan fingerprint density at radius 1 is 1.27 bits per heavy atom. The minimum atomic E-state index is -0.00369. The minimum absolute atomic E-state index is 0.00369. The van der Waals surface area contributed by atoms with Crippen LogP contribution in [0, 0.1) is 0 Å². The molecule has 0 aromatic heterocycles. The average molecular weight is 369 g/mol. The lowest BCUT2D eigenvalue weighted by Gasteiger charge is -2.23. The third kappa shape index (κ3) is 5.44.